The summed E-state index contributed by atoms with van der Waals surface area (Å²) in [6.07, 6.45) is 3.17. The van der Waals surface area contributed by atoms with E-state index in [9.17, 15) is 9.59 Å². The van der Waals surface area contributed by atoms with Crippen molar-refractivity contribution in [2.24, 2.45) is 0 Å². The molecule has 0 saturated heterocycles. The Morgan fingerprint density at radius 1 is 1.12 bits per heavy atom. The van der Waals surface area contributed by atoms with Crippen LogP contribution in [0.15, 0.2) is 36.7 Å². The van der Waals surface area contributed by atoms with Crippen LogP contribution in [0, 0.1) is 13.8 Å². The number of aromatic nitrogens is 2. The number of anilines is 2. The minimum atomic E-state index is -0.526. The average molecular weight is 328 g/mol. The molecule has 1 heterocycles. The van der Waals surface area contributed by atoms with Crippen molar-refractivity contribution in [3.05, 3.63) is 47.8 Å². The van der Waals surface area contributed by atoms with Crippen molar-refractivity contribution in [3.63, 3.8) is 0 Å². The van der Waals surface area contributed by atoms with Gasteiger partial charge in [0.1, 0.15) is 6.54 Å². The highest BCUT2D eigenvalue weighted by molar-refractivity contribution is 5.94. The van der Waals surface area contributed by atoms with E-state index in [1.54, 1.807) is 30.4 Å². The van der Waals surface area contributed by atoms with Crippen molar-refractivity contribution in [2.45, 2.75) is 13.8 Å². The molecule has 2 rings (SSSR count). The zero-order valence-corrected chi connectivity index (χ0v) is 13.9. The molecular formula is C17H20N4O3. The lowest BCUT2D eigenvalue weighted by Crippen LogP contribution is -2.30. The minimum absolute atomic E-state index is 0.0410. The molecule has 1 N–H and O–H groups in total. The number of hydrogen-bond donors (Lipinski definition) is 1. The molecule has 0 aliphatic carbocycles. The van der Waals surface area contributed by atoms with Gasteiger partial charge in [-0.3, -0.25) is 9.59 Å². The van der Waals surface area contributed by atoms with Gasteiger partial charge >= 0.3 is 5.97 Å². The fourth-order valence-corrected chi connectivity index (χ4v) is 2.13. The highest BCUT2D eigenvalue weighted by atomic mass is 16.5. The van der Waals surface area contributed by atoms with Crippen molar-refractivity contribution >= 4 is 23.5 Å². The van der Waals surface area contributed by atoms with E-state index in [-0.39, 0.29) is 19.1 Å². The predicted molar refractivity (Wildman–Crippen MR) is 90.8 cm³/mol. The molecule has 0 radical (unpaired) electrons. The molecule has 1 aromatic heterocycles. The van der Waals surface area contributed by atoms with E-state index in [0.29, 0.717) is 5.95 Å². The van der Waals surface area contributed by atoms with E-state index < -0.39 is 5.97 Å². The molecule has 0 bridgehead atoms. The van der Waals surface area contributed by atoms with Crippen LogP contribution in [-0.2, 0) is 14.3 Å². The molecule has 1 amide bonds. The number of esters is 1. The molecule has 0 saturated carbocycles. The lowest BCUT2D eigenvalue weighted by atomic mass is 10.1. The van der Waals surface area contributed by atoms with Gasteiger partial charge in [-0.1, -0.05) is 18.2 Å². The summed E-state index contributed by atoms with van der Waals surface area (Å²) in [7, 11) is 1.67. The van der Waals surface area contributed by atoms with Crippen LogP contribution in [0.4, 0.5) is 11.6 Å². The minimum Gasteiger partial charge on any atom is -0.454 e. The average Bonchev–Trinajstić information content (AvgIpc) is 2.57. The van der Waals surface area contributed by atoms with E-state index in [1.165, 1.54) is 0 Å². The first kappa shape index (κ1) is 17.4. The van der Waals surface area contributed by atoms with Crippen LogP contribution < -0.4 is 10.2 Å². The Labute approximate surface area is 140 Å². The third-order valence-corrected chi connectivity index (χ3v) is 3.37. The van der Waals surface area contributed by atoms with Crippen molar-refractivity contribution in [1.29, 1.82) is 0 Å². The monoisotopic (exact) mass is 328 g/mol. The first-order valence-corrected chi connectivity index (χ1v) is 7.47. The molecule has 7 heteroatoms. The molecule has 0 spiro atoms. The fourth-order valence-electron chi connectivity index (χ4n) is 2.13. The molecular weight excluding hydrogens is 308 g/mol. The Kier molecular flexibility index (Phi) is 5.83. The van der Waals surface area contributed by atoms with E-state index in [4.69, 9.17) is 4.74 Å². The number of nitrogens with one attached hydrogen (secondary N) is 1. The SMILES string of the molecule is Cc1cccc(C)c1NC(=O)COC(=O)CN(C)c1ncccn1. The van der Waals surface area contributed by atoms with Crippen molar-refractivity contribution < 1.29 is 14.3 Å². The number of benzene rings is 1. The van der Waals surface area contributed by atoms with Gasteiger partial charge in [0.2, 0.25) is 5.95 Å². The summed E-state index contributed by atoms with van der Waals surface area (Å²) in [5.74, 6) is -0.490. The van der Waals surface area contributed by atoms with E-state index >= 15 is 0 Å². The van der Waals surface area contributed by atoms with Gasteiger partial charge in [-0.15, -0.1) is 0 Å². The van der Waals surface area contributed by atoms with Crippen molar-refractivity contribution in [1.82, 2.24) is 9.97 Å². The number of ether oxygens (including phenoxy) is 1. The number of hydrogen-bond acceptors (Lipinski definition) is 6. The summed E-state index contributed by atoms with van der Waals surface area (Å²) in [6, 6.07) is 7.42. The Morgan fingerprint density at radius 2 is 1.75 bits per heavy atom. The van der Waals surface area contributed by atoms with E-state index in [2.05, 4.69) is 15.3 Å². The molecule has 0 aliphatic heterocycles. The maximum absolute atomic E-state index is 12.0. The molecule has 2 aromatic rings. The number of nitrogens with zero attached hydrogens (tertiary/aromatic N) is 3. The Morgan fingerprint density at radius 3 is 2.38 bits per heavy atom. The first-order valence-electron chi connectivity index (χ1n) is 7.47. The highest BCUT2D eigenvalue weighted by Gasteiger charge is 2.13. The second-order valence-electron chi connectivity index (χ2n) is 5.38. The first-order chi connectivity index (χ1) is 11.5. The van der Waals surface area contributed by atoms with E-state index in [0.717, 1.165) is 16.8 Å². The van der Waals surface area contributed by atoms with E-state index in [1.807, 2.05) is 32.0 Å². The summed E-state index contributed by atoms with van der Waals surface area (Å²) in [5, 5.41) is 2.76. The maximum atomic E-state index is 12.0. The molecule has 0 fully saturated rings. The van der Waals surface area contributed by atoms with Gasteiger partial charge in [0.05, 0.1) is 0 Å². The number of likely N-dealkylation sites (N-methyl/N-ethyl adjacent to an activating group) is 1. The van der Waals surface area contributed by atoms with Crippen LogP contribution in [0.3, 0.4) is 0 Å². The smallest absolute Gasteiger partial charge is 0.326 e. The van der Waals surface area contributed by atoms with Gasteiger partial charge in [-0.05, 0) is 31.0 Å². The quantitative estimate of drug-likeness (QED) is 0.813. The Bertz CT molecular complexity index is 699. The zero-order chi connectivity index (χ0) is 17.5. The summed E-state index contributed by atoms with van der Waals surface area (Å²) in [6.45, 7) is 3.43. The third kappa shape index (κ3) is 4.77. The van der Waals surface area contributed by atoms with Crippen LogP contribution >= 0.6 is 0 Å². The van der Waals surface area contributed by atoms with Gasteiger partial charge in [-0.2, -0.15) is 0 Å². The van der Waals surface area contributed by atoms with Crippen LogP contribution in [0.25, 0.3) is 0 Å². The topological polar surface area (TPSA) is 84.4 Å². The fraction of sp³-hybridized carbons (Fsp3) is 0.294. The van der Waals surface area contributed by atoms with Crippen LogP contribution in [0.5, 0.6) is 0 Å². The lowest BCUT2D eigenvalue weighted by molar-refractivity contribution is -0.145. The number of carbonyl (C=O) groups is 2. The lowest BCUT2D eigenvalue weighted by Gasteiger charge is -2.16. The summed E-state index contributed by atoms with van der Waals surface area (Å²) < 4.78 is 5.00. The summed E-state index contributed by atoms with van der Waals surface area (Å²) >= 11 is 0. The molecule has 7 nitrogen and oxygen atoms in total. The molecule has 126 valence electrons. The van der Waals surface area contributed by atoms with Crippen LogP contribution in [0.2, 0.25) is 0 Å². The maximum Gasteiger partial charge on any atom is 0.326 e. The number of aryl methyl sites for hydroxylation is 2. The number of para-hydroxylation sites is 1. The van der Waals surface area contributed by atoms with Crippen molar-refractivity contribution in [3.8, 4) is 0 Å². The predicted octanol–water partition coefficient (Wildman–Crippen LogP) is 1.71. The van der Waals surface area contributed by atoms with Crippen molar-refractivity contribution in [2.75, 3.05) is 30.4 Å². The Hall–Kier alpha value is -2.96. The second kappa shape index (κ2) is 8.05. The molecule has 1 aromatic carbocycles. The normalized spacial score (nSPS) is 10.1. The highest BCUT2D eigenvalue weighted by Crippen LogP contribution is 2.19. The van der Waals surface area contributed by atoms with Crippen LogP contribution in [0.1, 0.15) is 11.1 Å². The number of amides is 1. The Balaban J connectivity index is 1.82. The second-order valence-corrected chi connectivity index (χ2v) is 5.38. The number of rotatable bonds is 6. The molecule has 0 unspecified atom stereocenters. The molecule has 0 atom stereocenters. The van der Waals surface area contributed by atoms with Crippen LogP contribution in [-0.4, -0.2) is 42.0 Å². The van der Waals surface area contributed by atoms with Gasteiger partial charge in [0.25, 0.3) is 5.91 Å². The molecule has 24 heavy (non-hydrogen) atoms. The largest absolute Gasteiger partial charge is 0.454 e. The van der Waals surface area contributed by atoms with Gasteiger partial charge in [0, 0.05) is 25.1 Å². The molecule has 0 aliphatic rings. The summed E-state index contributed by atoms with van der Waals surface area (Å²) in [4.78, 5) is 33.4. The van der Waals surface area contributed by atoms with Gasteiger partial charge < -0.3 is 15.0 Å². The summed E-state index contributed by atoms with van der Waals surface area (Å²) in [5.41, 5.74) is 2.65. The van der Waals surface area contributed by atoms with Gasteiger partial charge in [-0.25, -0.2) is 9.97 Å². The zero-order valence-electron chi connectivity index (χ0n) is 13.9. The van der Waals surface area contributed by atoms with Gasteiger partial charge in [0.15, 0.2) is 6.61 Å². The number of carbonyl (C=O) groups excluding carboxylic acids is 2. The standard InChI is InChI=1S/C17H20N4O3/c1-12-6-4-7-13(2)16(12)20-14(22)11-24-15(23)10-21(3)17-18-8-5-9-19-17/h4-9H,10-11H2,1-3H3,(H,20,22). The third-order valence-electron chi connectivity index (χ3n) is 3.37.